The second-order valence-electron chi connectivity index (χ2n) is 8.10. The molecule has 0 atom stereocenters. The summed E-state index contributed by atoms with van der Waals surface area (Å²) in [6, 6.07) is 8.78. The zero-order valence-corrected chi connectivity index (χ0v) is 19.0. The van der Waals surface area contributed by atoms with Crippen molar-refractivity contribution in [3.8, 4) is 28.2 Å². The molecule has 0 saturated carbocycles. The summed E-state index contributed by atoms with van der Waals surface area (Å²) in [7, 11) is 1.69. The molecule has 36 heavy (non-hydrogen) atoms. The molecule has 6 aromatic rings. The van der Waals surface area contributed by atoms with Gasteiger partial charge in [-0.3, -0.25) is 14.6 Å². The van der Waals surface area contributed by atoms with Crippen molar-refractivity contribution in [2.45, 2.75) is 6.92 Å². The molecule has 4 heterocycles. The van der Waals surface area contributed by atoms with Crippen molar-refractivity contribution in [1.82, 2.24) is 34.7 Å². The van der Waals surface area contributed by atoms with Crippen molar-refractivity contribution < 1.29 is 13.2 Å². The summed E-state index contributed by atoms with van der Waals surface area (Å²) in [5, 5.41) is 9.69. The Morgan fingerprint density at radius 2 is 1.72 bits per heavy atom. The molecule has 0 spiro atoms. The van der Waals surface area contributed by atoms with Crippen molar-refractivity contribution in [3.63, 3.8) is 0 Å². The van der Waals surface area contributed by atoms with Gasteiger partial charge in [0.1, 0.15) is 46.5 Å². The molecule has 0 saturated heterocycles. The number of halogens is 3. The second kappa shape index (κ2) is 8.15. The molecule has 0 aliphatic rings. The molecule has 0 bridgehead atoms. The van der Waals surface area contributed by atoms with Crippen LogP contribution in [0, 0.1) is 24.4 Å². The van der Waals surface area contributed by atoms with Gasteiger partial charge in [-0.2, -0.15) is 5.10 Å². The number of benzene rings is 2. The van der Waals surface area contributed by atoms with Crippen LogP contribution in [-0.4, -0.2) is 41.7 Å². The zero-order chi connectivity index (χ0) is 25.0. The van der Waals surface area contributed by atoms with Gasteiger partial charge in [0.2, 0.25) is 0 Å². The van der Waals surface area contributed by atoms with E-state index in [1.165, 1.54) is 12.5 Å². The maximum absolute atomic E-state index is 15.0. The van der Waals surface area contributed by atoms with E-state index in [-0.39, 0.29) is 10.9 Å². The van der Waals surface area contributed by atoms with Gasteiger partial charge in [-0.05, 0) is 48.9 Å². The van der Waals surface area contributed by atoms with E-state index in [0.717, 1.165) is 18.3 Å². The lowest BCUT2D eigenvalue weighted by Gasteiger charge is -2.13. The lowest BCUT2D eigenvalue weighted by atomic mass is 10.0. The fourth-order valence-corrected chi connectivity index (χ4v) is 4.43. The van der Waals surface area contributed by atoms with Gasteiger partial charge in [-0.15, -0.1) is 0 Å². The molecule has 0 amide bonds. The molecule has 0 aliphatic carbocycles. The number of fused-ring (bicyclic) bond motifs is 2. The van der Waals surface area contributed by atoms with E-state index < -0.39 is 17.5 Å². The van der Waals surface area contributed by atoms with E-state index in [4.69, 9.17) is 4.98 Å². The van der Waals surface area contributed by atoms with Gasteiger partial charge in [0.15, 0.2) is 5.82 Å². The normalized spacial score (nSPS) is 11.5. The van der Waals surface area contributed by atoms with Gasteiger partial charge >= 0.3 is 0 Å². The van der Waals surface area contributed by atoms with Gasteiger partial charge in [0.05, 0.1) is 22.8 Å². The molecule has 0 radical (unpaired) electrons. The molecule has 4 aromatic heterocycles. The van der Waals surface area contributed by atoms with Crippen LogP contribution >= 0.6 is 0 Å². The van der Waals surface area contributed by atoms with Crippen LogP contribution < -0.4 is 5.32 Å². The van der Waals surface area contributed by atoms with Crippen molar-refractivity contribution in [2.24, 2.45) is 0 Å². The molecule has 2 N–H and O–H groups in total. The Morgan fingerprint density at radius 3 is 2.50 bits per heavy atom. The van der Waals surface area contributed by atoms with Gasteiger partial charge in [0, 0.05) is 24.4 Å². The number of aromatic amines is 1. The highest BCUT2D eigenvalue weighted by Crippen LogP contribution is 2.37. The summed E-state index contributed by atoms with van der Waals surface area (Å²) in [6.07, 6.45) is 3.91. The highest BCUT2D eigenvalue weighted by molar-refractivity contribution is 5.98. The topological polar surface area (TPSA) is 97.2 Å². The van der Waals surface area contributed by atoms with Crippen LogP contribution in [0.4, 0.5) is 19.0 Å². The minimum Gasteiger partial charge on any atom is -0.373 e. The number of imidazole rings is 1. The van der Waals surface area contributed by atoms with Gasteiger partial charge in [0.25, 0.3) is 0 Å². The van der Waals surface area contributed by atoms with E-state index in [0.29, 0.717) is 50.9 Å². The third-order valence-corrected chi connectivity index (χ3v) is 6.03. The van der Waals surface area contributed by atoms with E-state index in [1.807, 2.05) is 0 Å². The van der Waals surface area contributed by atoms with Crippen LogP contribution in [0.1, 0.15) is 5.82 Å². The summed E-state index contributed by atoms with van der Waals surface area (Å²) < 4.78 is 46.2. The SMILES string of the molecule is CNc1cc(-c2cc(-c3ncn[nH]3)c3nc(C)n(-c4ccnc5c(F)ccc(F)c45)c3c2)c(F)cn1. The maximum Gasteiger partial charge on any atom is 0.157 e. The highest BCUT2D eigenvalue weighted by Gasteiger charge is 2.21. The molecule has 0 aliphatic heterocycles. The quantitative estimate of drug-likeness (QED) is 0.356. The Bertz CT molecular complexity index is 1780. The average Bonchev–Trinajstić information content (AvgIpc) is 3.53. The van der Waals surface area contributed by atoms with Crippen molar-refractivity contribution in [2.75, 3.05) is 12.4 Å². The zero-order valence-electron chi connectivity index (χ0n) is 19.0. The lowest BCUT2D eigenvalue weighted by molar-refractivity contribution is 0.615. The Labute approximate surface area is 201 Å². The third-order valence-electron chi connectivity index (χ3n) is 6.03. The number of rotatable bonds is 4. The van der Waals surface area contributed by atoms with E-state index in [9.17, 15) is 8.78 Å². The number of pyridine rings is 2. The van der Waals surface area contributed by atoms with Crippen molar-refractivity contribution in [1.29, 1.82) is 0 Å². The summed E-state index contributed by atoms with van der Waals surface area (Å²) in [4.78, 5) is 17.0. The van der Waals surface area contributed by atoms with E-state index in [2.05, 4.69) is 30.5 Å². The minimum atomic E-state index is -0.642. The minimum absolute atomic E-state index is 0.0130. The van der Waals surface area contributed by atoms with Crippen LogP contribution in [0.5, 0.6) is 0 Å². The van der Waals surface area contributed by atoms with Crippen LogP contribution in [0.15, 0.2) is 55.1 Å². The molecular weight excluding hydrogens is 469 g/mol. The number of nitrogens with zero attached hydrogens (tertiary/aromatic N) is 6. The first kappa shape index (κ1) is 21.7. The number of hydrogen-bond acceptors (Lipinski definition) is 6. The molecular formula is C25H17F3N8. The third kappa shape index (κ3) is 3.28. The summed E-state index contributed by atoms with van der Waals surface area (Å²) in [5.41, 5.74) is 2.68. The van der Waals surface area contributed by atoms with Gasteiger partial charge in [-0.1, -0.05) is 0 Å². The molecule has 2 aromatic carbocycles. The summed E-state index contributed by atoms with van der Waals surface area (Å²) in [6.45, 7) is 1.75. The maximum atomic E-state index is 15.0. The number of anilines is 1. The first-order valence-electron chi connectivity index (χ1n) is 10.9. The number of aryl methyl sites for hydroxylation is 1. The van der Waals surface area contributed by atoms with E-state index >= 15 is 4.39 Å². The van der Waals surface area contributed by atoms with Crippen molar-refractivity contribution in [3.05, 3.63) is 78.4 Å². The highest BCUT2D eigenvalue weighted by atomic mass is 19.1. The second-order valence-corrected chi connectivity index (χ2v) is 8.10. The van der Waals surface area contributed by atoms with Crippen molar-refractivity contribution >= 4 is 27.8 Å². The van der Waals surface area contributed by atoms with Crippen LogP contribution in [-0.2, 0) is 0 Å². The predicted octanol–water partition coefficient (Wildman–Crippen LogP) is 5.19. The Morgan fingerprint density at radius 1 is 0.889 bits per heavy atom. The Hall–Kier alpha value is -4.80. The molecule has 0 unspecified atom stereocenters. The standard InChI is InChI=1S/C25H17F3N8/c1-12-34-23-15(25-32-11-33-35-25)7-13(14-9-21(29-2)31-10-18(14)28)8-20(23)36(12)19-5-6-30-24-17(27)4-3-16(26)22(19)24/h3-11H,1-2H3,(H,29,31)(H,32,33,35). The monoisotopic (exact) mass is 486 g/mol. The number of aromatic nitrogens is 7. The molecule has 6 rings (SSSR count). The number of nitrogens with one attached hydrogen (secondary N) is 2. The predicted molar refractivity (Wildman–Crippen MR) is 129 cm³/mol. The van der Waals surface area contributed by atoms with Crippen LogP contribution in [0.2, 0.25) is 0 Å². The van der Waals surface area contributed by atoms with Crippen LogP contribution in [0.25, 0.3) is 50.1 Å². The van der Waals surface area contributed by atoms with E-state index in [1.54, 1.807) is 42.8 Å². The Balaban J connectivity index is 1.73. The van der Waals surface area contributed by atoms with Gasteiger partial charge in [-0.25, -0.2) is 28.1 Å². The largest absolute Gasteiger partial charge is 0.373 e. The van der Waals surface area contributed by atoms with Crippen LogP contribution in [0.3, 0.4) is 0 Å². The first-order valence-corrected chi connectivity index (χ1v) is 10.9. The summed E-state index contributed by atoms with van der Waals surface area (Å²) in [5.74, 6) is -0.382. The molecule has 0 fully saturated rings. The Kier molecular flexibility index (Phi) is 4.92. The van der Waals surface area contributed by atoms with Gasteiger partial charge < -0.3 is 5.32 Å². The fourth-order valence-electron chi connectivity index (χ4n) is 4.43. The number of hydrogen-bond donors (Lipinski definition) is 2. The molecule has 11 heteroatoms. The molecule has 8 nitrogen and oxygen atoms in total. The first-order chi connectivity index (χ1) is 17.5. The fraction of sp³-hybridized carbons (Fsp3) is 0.0800. The molecule has 178 valence electrons. The smallest absolute Gasteiger partial charge is 0.157 e. The number of H-pyrrole nitrogens is 1. The average molecular weight is 486 g/mol. The lowest BCUT2D eigenvalue weighted by Crippen LogP contribution is -2.02. The summed E-state index contributed by atoms with van der Waals surface area (Å²) >= 11 is 0.